The largest absolute Gasteiger partial charge is 0.306 e. The van der Waals surface area contributed by atoms with Crippen molar-refractivity contribution in [2.24, 2.45) is 0 Å². The predicted molar refractivity (Wildman–Crippen MR) is 163 cm³/mol. The van der Waals surface area contributed by atoms with E-state index in [9.17, 15) is 5.26 Å². The molecule has 0 N–H and O–H groups in total. The van der Waals surface area contributed by atoms with E-state index in [-0.39, 0.29) is 0 Å². The van der Waals surface area contributed by atoms with Crippen molar-refractivity contribution in [3.63, 3.8) is 0 Å². The van der Waals surface area contributed by atoms with E-state index >= 15 is 0 Å². The number of rotatable bonds is 4. The Morgan fingerprint density at radius 2 is 1.05 bits per heavy atom. The third-order valence-corrected chi connectivity index (χ3v) is 7.31. The van der Waals surface area contributed by atoms with Crippen molar-refractivity contribution in [3.05, 3.63) is 151 Å². The maximum absolute atomic E-state index is 9.67. The normalized spacial score (nSPS) is 11.9. The van der Waals surface area contributed by atoms with Crippen LogP contribution in [-0.2, 0) is 0 Å². The number of nitrogens with zero attached hydrogens (tertiary/aromatic N) is 4. The highest BCUT2D eigenvalue weighted by Gasteiger charge is 2.31. The Balaban J connectivity index is 1.43. The summed E-state index contributed by atoms with van der Waals surface area (Å²) in [6.07, 6.45) is 3.35. The van der Waals surface area contributed by atoms with Crippen molar-refractivity contribution in [1.29, 1.82) is 5.26 Å². The summed E-state index contributed by atoms with van der Waals surface area (Å²) in [5.74, 6) is 0. The fourth-order valence-corrected chi connectivity index (χ4v) is 5.56. The Labute approximate surface area is 233 Å². The molecule has 0 saturated heterocycles. The Morgan fingerprint density at radius 3 is 1.70 bits per heavy atom. The van der Waals surface area contributed by atoms with Gasteiger partial charge in [-0.1, -0.05) is 78.9 Å². The Hall–Kier alpha value is -5.66. The van der Waals surface area contributed by atoms with Gasteiger partial charge in [-0.3, -0.25) is 4.98 Å². The Bertz CT molecular complexity index is 1840. The van der Waals surface area contributed by atoms with Gasteiger partial charge in [0.1, 0.15) is 6.07 Å². The molecule has 0 saturated carbocycles. The molecule has 0 fully saturated rings. The highest BCUT2D eigenvalue weighted by molar-refractivity contribution is 6.03. The minimum Gasteiger partial charge on any atom is -0.306 e. The molecule has 0 amide bonds. The number of nitriles is 1. The third kappa shape index (κ3) is 3.89. The van der Waals surface area contributed by atoms with Crippen LogP contribution in [-0.4, -0.2) is 4.98 Å². The summed E-state index contributed by atoms with van der Waals surface area (Å²) in [7, 11) is 0. The summed E-state index contributed by atoms with van der Waals surface area (Å²) < 4.78 is 0. The average molecular weight is 513 g/mol. The number of benzene rings is 5. The molecule has 0 spiro atoms. The van der Waals surface area contributed by atoms with Crippen LogP contribution in [0, 0.1) is 11.3 Å². The molecule has 1 aromatic heterocycles. The van der Waals surface area contributed by atoms with E-state index in [4.69, 9.17) is 0 Å². The standard InChI is InChI=1S/C36H24N4/c37-24-28-25-38-22-21-30(28)26-11-10-12-27(23-26)31-15-4-5-16-32(31)40-35-19-8-6-17-33(35)39(29-13-2-1-3-14-29)34-18-7-9-20-36(34)40/h1-23,25H. The molecular weight excluding hydrogens is 488 g/mol. The summed E-state index contributed by atoms with van der Waals surface area (Å²) >= 11 is 0. The van der Waals surface area contributed by atoms with Crippen LogP contribution >= 0.6 is 0 Å². The molecule has 1 aliphatic heterocycles. The van der Waals surface area contributed by atoms with Gasteiger partial charge in [0, 0.05) is 29.2 Å². The van der Waals surface area contributed by atoms with Crippen molar-refractivity contribution in [2.45, 2.75) is 0 Å². The van der Waals surface area contributed by atoms with Gasteiger partial charge in [0.15, 0.2) is 0 Å². The lowest BCUT2D eigenvalue weighted by Gasteiger charge is -2.41. The first-order chi connectivity index (χ1) is 19.8. The highest BCUT2D eigenvalue weighted by atomic mass is 15.3. The van der Waals surface area contributed by atoms with Crippen LogP contribution < -0.4 is 9.80 Å². The first-order valence-electron chi connectivity index (χ1n) is 13.2. The minimum absolute atomic E-state index is 0.563. The topological polar surface area (TPSA) is 43.2 Å². The van der Waals surface area contributed by atoms with Crippen LogP contribution in [0.5, 0.6) is 0 Å². The molecule has 4 heteroatoms. The fourth-order valence-electron chi connectivity index (χ4n) is 5.56. The first-order valence-corrected chi connectivity index (χ1v) is 13.2. The second-order valence-corrected chi connectivity index (χ2v) is 9.61. The van der Waals surface area contributed by atoms with Crippen molar-refractivity contribution < 1.29 is 0 Å². The summed E-state index contributed by atoms with van der Waals surface area (Å²) in [6.45, 7) is 0. The molecule has 2 heterocycles. The number of hydrogen-bond donors (Lipinski definition) is 0. The van der Waals surface area contributed by atoms with E-state index < -0.39 is 0 Å². The van der Waals surface area contributed by atoms with Crippen molar-refractivity contribution in [3.8, 4) is 28.3 Å². The monoisotopic (exact) mass is 512 g/mol. The molecule has 0 aliphatic carbocycles. The first kappa shape index (κ1) is 23.5. The zero-order valence-corrected chi connectivity index (χ0v) is 21.6. The lowest BCUT2D eigenvalue weighted by molar-refractivity contribution is 1.17. The molecule has 0 bridgehead atoms. The second kappa shape index (κ2) is 9.90. The fraction of sp³-hybridized carbons (Fsp3) is 0. The van der Waals surface area contributed by atoms with Gasteiger partial charge in [-0.05, 0) is 65.7 Å². The van der Waals surface area contributed by atoms with E-state index in [0.29, 0.717) is 5.56 Å². The lowest BCUT2D eigenvalue weighted by Crippen LogP contribution is -2.24. The molecular formula is C36H24N4. The van der Waals surface area contributed by atoms with Gasteiger partial charge in [0.05, 0.1) is 34.0 Å². The number of fused-ring (bicyclic) bond motifs is 2. The molecule has 1 aliphatic rings. The van der Waals surface area contributed by atoms with Crippen molar-refractivity contribution in [1.82, 2.24) is 4.98 Å². The van der Waals surface area contributed by atoms with Crippen LogP contribution in [0.25, 0.3) is 22.3 Å². The summed E-state index contributed by atoms with van der Waals surface area (Å²) in [5, 5.41) is 9.67. The molecule has 6 aromatic rings. The van der Waals surface area contributed by atoms with Crippen molar-refractivity contribution in [2.75, 3.05) is 9.80 Å². The smallest absolute Gasteiger partial charge is 0.101 e. The summed E-state index contributed by atoms with van der Waals surface area (Å²) in [6, 6.07) is 48.7. The van der Waals surface area contributed by atoms with Gasteiger partial charge in [-0.25, -0.2) is 0 Å². The number of pyridine rings is 1. The summed E-state index contributed by atoms with van der Waals surface area (Å²) in [4.78, 5) is 8.83. The van der Waals surface area contributed by atoms with E-state index in [1.165, 1.54) is 0 Å². The molecule has 4 nitrogen and oxygen atoms in total. The van der Waals surface area contributed by atoms with E-state index in [0.717, 1.165) is 56.4 Å². The maximum Gasteiger partial charge on any atom is 0.101 e. The molecule has 40 heavy (non-hydrogen) atoms. The zero-order chi connectivity index (χ0) is 26.9. The van der Waals surface area contributed by atoms with E-state index in [1.807, 2.05) is 18.2 Å². The molecule has 5 aromatic carbocycles. The minimum atomic E-state index is 0.563. The number of aromatic nitrogens is 1. The van der Waals surface area contributed by atoms with Crippen LogP contribution in [0.1, 0.15) is 5.56 Å². The molecule has 0 atom stereocenters. The van der Waals surface area contributed by atoms with Crippen molar-refractivity contribution >= 4 is 34.1 Å². The number of para-hydroxylation sites is 6. The molecule has 7 rings (SSSR count). The van der Waals surface area contributed by atoms with Crippen LogP contribution in [0.15, 0.2) is 146 Å². The van der Waals surface area contributed by atoms with Crippen LogP contribution in [0.2, 0.25) is 0 Å². The predicted octanol–water partition coefficient (Wildman–Crippen LogP) is 9.54. The van der Waals surface area contributed by atoms with Gasteiger partial charge >= 0.3 is 0 Å². The Kier molecular flexibility index (Phi) is 5.81. The second-order valence-electron chi connectivity index (χ2n) is 9.61. The van der Waals surface area contributed by atoms with Gasteiger partial charge in [0.25, 0.3) is 0 Å². The average Bonchev–Trinajstić information content (AvgIpc) is 3.04. The number of anilines is 6. The quantitative estimate of drug-likeness (QED) is 0.235. The van der Waals surface area contributed by atoms with Gasteiger partial charge in [-0.2, -0.15) is 5.26 Å². The SMILES string of the molecule is N#Cc1cnccc1-c1cccc(-c2ccccc2N2c3ccccc3N(c3ccccc3)c3ccccc32)c1. The molecule has 0 radical (unpaired) electrons. The molecule has 0 unspecified atom stereocenters. The highest BCUT2D eigenvalue weighted by Crippen LogP contribution is 2.55. The van der Waals surface area contributed by atoms with E-state index in [1.54, 1.807) is 12.4 Å². The molecule has 188 valence electrons. The third-order valence-electron chi connectivity index (χ3n) is 7.31. The van der Waals surface area contributed by atoms with Crippen LogP contribution in [0.4, 0.5) is 34.1 Å². The van der Waals surface area contributed by atoms with Gasteiger partial charge in [0.2, 0.25) is 0 Å². The van der Waals surface area contributed by atoms with Crippen LogP contribution in [0.3, 0.4) is 0 Å². The van der Waals surface area contributed by atoms with E-state index in [2.05, 4.69) is 136 Å². The maximum atomic E-state index is 9.67. The zero-order valence-electron chi connectivity index (χ0n) is 21.6. The lowest BCUT2D eigenvalue weighted by atomic mass is 9.95. The summed E-state index contributed by atoms with van der Waals surface area (Å²) in [5.41, 5.74) is 11.3. The number of hydrogen-bond acceptors (Lipinski definition) is 4. The van der Waals surface area contributed by atoms with Gasteiger partial charge in [-0.15, -0.1) is 0 Å². The van der Waals surface area contributed by atoms with Gasteiger partial charge < -0.3 is 9.80 Å². The Morgan fingerprint density at radius 1 is 0.500 bits per heavy atom.